The third-order valence-corrected chi connectivity index (χ3v) is 7.04. The smallest absolute Gasteiger partial charge is 0.258 e. The predicted molar refractivity (Wildman–Crippen MR) is 114 cm³/mol. The van der Waals surface area contributed by atoms with Gasteiger partial charge in [-0.1, -0.05) is 31.4 Å². The van der Waals surface area contributed by atoms with Crippen molar-refractivity contribution >= 4 is 33.2 Å². The number of ether oxygens (including phenoxy) is 1. The Morgan fingerprint density at radius 2 is 1.90 bits per heavy atom. The molecule has 30 heavy (non-hydrogen) atoms. The molecule has 0 aliphatic heterocycles. The fourth-order valence-electron chi connectivity index (χ4n) is 3.57. The van der Waals surface area contributed by atoms with Crippen molar-refractivity contribution < 1.29 is 22.3 Å². The molecule has 0 radical (unpaired) electrons. The van der Waals surface area contributed by atoms with Gasteiger partial charge < -0.3 is 10.1 Å². The lowest BCUT2D eigenvalue weighted by atomic mass is 9.87. The molecule has 2 unspecified atom stereocenters. The summed E-state index contributed by atoms with van der Waals surface area (Å²) >= 11 is 5.96. The molecule has 1 saturated carbocycles. The first-order valence-corrected chi connectivity index (χ1v) is 11.5. The maximum Gasteiger partial charge on any atom is 0.258 e. The average molecular weight is 455 g/mol. The maximum absolute atomic E-state index is 14.4. The van der Waals surface area contributed by atoms with Gasteiger partial charge >= 0.3 is 0 Å². The van der Waals surface area contributed by atoms with Crippen molar-refractivity contribution in [2.45, 2.75) is 43.5 Å². The summed E-state index contributed by atoms with van der Waals surface area (Å²) in [5.74, 6) is -1.09. The zero-order valence-electron chi connectivity index (χ0n) is 16.7. The summed E-state index contributed by atoms with van der Waals surface area (Å²) in [4.78, 5) is 12.5. The van der Waals surface area contributed by atoms with Gasteiger partial charge in [-0.3, -0.25) is 4.79 Å². The van der Waals surface area contributed by atoms with Crippen molar-refractivity contribution in [3.63, 3.8) is 0 Å². The largest absolute Gasteiger partial charge is 0.495 e. The number of halogens is 2. The minimum Gasteiger partial charge on any atom is -0.495 e. The van der Waals surface area contributed by atoms with Crippen molar-refractivity contribution in [1.82, 2.24) is 4.72 Å². The lowest BCUT2D eigenvalue weighted by Gasteiger charge is -2.29. The quantitative estimate of drug-likeness (QED) is 0.668. The summed E-state index contributed by atoms with van der Waals surface area (Å²) < 4.78 is 47.9. The Morgan fingerprint density at radius 1 is 1.17 bits per heavy atom. The van der Waals surface area contributed by atoms with Crippen molar-refractivity contribution in [3.05, 3.63) is 52.8 Å². The van der Waals surface area contributed by atoms with E-state index in [1.807, 2.05) is 6.92 Å². The zero-order chi connectivity index (χ0) is 21.9. The number of methoxy groups -OCH3 is 1. The van der Waals surface area contributed by atoms with Gasteiger partial charge in [0.25, 0.3) is 5.91 Å². The van der Waals surface area contributed by atoms with E-state index in [2.05, 4.69) is 10.0 Å². The third-order valence-electron chi connectivity index (χ3n) is 5.32. The molecule has 2 aromatic carbocycles. The van der Waals surface area contributed by atoms with Crippen LogP contribution in [-0.2, 0) is 10.0 Å². The van der Waals surface area contributed by atoms with Crippen LogP contribution in [0.3, 0.4) is 0 Å². The highest BCUT2D eigenvalue weighted by molar-refractivity contribution is 7.89. The molecule has 1 fully saturated rings. The minimum atomic E-state index is -3.90. The molecule has 6 nitrogen and oxygen atoms in total. The van der Waals surface area contributed by atoms with E-state index in [0.29, 0.717) is 10.8 Å². The Bertz CT molecular complexity index is 1050. The van der Waals surface area contributed by atoms with Gasteiger partial charge in [0.15, 0.2) is 0 Å². The molecule has 1 aliphatic carbocycles. The van der Waals surface area contributed by atoms with E-state index in [-0.39, 0.29) is 22.5 Å². The second-order valence-electron chi connectivity index (χ2n) is 7.43. The fourth-order valence-corrected chi connectivity index (χ4v) is 5.15. The minimum absolute atomic E-state index is 0.162. The molecule has 1 amide bonds. The fraction of sp³-hybridized carbons (Fsp3) is 0.381. The first kappa shape index (κ1) is 22.5. The lowest BCUT2D eigenvalue weighted by molar-refractivity contribution is 0.102. The highest BCUT2D eigenvalue weighted by Crippen LogP contribution is 2.29. The van der Waals surface area contributed by atoms with Crippen LogP contribution in [0, 0.1) is 11.7 Å². The van der Waals surface area contributed by atoms with E-state index in [0.717, 1.165) is 43.9 Å². The van der Waals surface area contributed by atoms with Gasteiger partial charge in [0.2, 0.25) is 10.0 Å². The number of anilines is 1. The van der Waals surface area contributed by atoms with Crippen molar-refractivity contribution in [2.24, 2.45) is 5.92 Å². The Labute approximate surface area is 180 Å². The van der Waals surface area contributed by atoms with Crippen LogP contribution in [0.15, 0.2) is 41.3 Å². The van der Waals surface area contributed by atoms with Crippen molar-refractivity contribution in [3.8, 4) is 5.75 Å². The second-order valence-corrected chi connectivity index (χ2v) is 9.58. The Balaban J connectivity index is 1.86. The maximum atomic E-state index is 14.4. The standard InChI is InChI=1S/C21H24ClFN2O4S/c1-13-5-3-4-6-18(13)25-30(27,28)15-8-9-17(23)16(12-15)21(26)24-19-11-14(22)7-10-20(19)29-2/h7-13,18,25H,3-6H2,1-2H3,(H,24,26). The van der Waals surface area contributed by atoms with Crippen molar-refractivity contribution in [2.75, 3.05) is 12.4 Å². The number of carbonyl (C=O) groups is 1. The molecule has 2 N–H and O–H groups in total. The number of carbonyl (C=O) groups excluding carboxylic acids is 1. The van der Waals surface area contributed by atoms with Crippen molar-refractivity contribution in [1.29, 1.82) is 0 Å². The molecular weight excluding hydrogens is 431 g/mol. The van der Waals surface area contributed by atoms with Crippen LogP contribution in [0.1, 0.15) is 43.0 Å². The highest BCUT2D eigenvalue weighted by Gasteiger charge is 2.28. The SMILES string of the molecule is COc1ccc(Cl)cc1NC(=O)c1cc(S(=O)(=O)NC2CCCCC2C)ccc1F. The predicted octanol–water partition coefficient (Wildman–Crippen LogP) is 4.60. The van der Waals surface area contributed by atoms with Crippen LogP contribution in [0.5, 0.6) is 5.75 Å². The summed E-state index contributed by atoms with van der Waals surface area (Å²) in [6.07, 6.45) is 3.73. The van der Waals surface area contributed by atoms with E-state index in [4.69, 9.17) is 16.3 Å². The number of sulfonamides is 1. The van der Waals surface area contributed by atoms with E-state index >= 15 is 0 Å². The van der Waals surface area contributed by atoms with Crippen LogP contribution in [-0.4, -0.2) is 27.5 Å². The van der Waals surface area contributed by atoms with Gasteiger partial charge in [-0.05, 0) is 55.2 Å². The summed E-state index contributed by atoms with van der Waals surface area (Å²) in [6, 6.07) is 7.60. The average Bonchev–Trinajstić information content (AvgIpc) is 2.70. The van der Waals surface area contributed by atoms with Gasteiger partial charge in [0.05, 0.1) is 23.3 Å². The first-order valence-electron chi connectivity index (χ1n) is 9.68. The lowest BCUT2D eigenvalue weighted by Crippen LogP contribution is -2.41. The molecule has 2 atom stereocenters. The van der Waals surface area contributed by atoms with Crippen LogP contribution in [0.25, 0.3) is 0 Å². The monoisotopic (exact) mass is 454 g/mol. The molecule has 0 spiro atoms. The molecule has 162 valence electrons. The van der Waals surface area contributed by atoms with Gasteiger partial charge in [-0.2, -0.15) is 0 Å². The Hall–Kier alpha value is -2.16. The molecule has 0 bridgehead atoms. The van der Waals surface area contributed by atoms with E-state index in [9.17, 15) is 17.6 Å². The molecule has 2 aromatic rings. The number of hydrogen-bond acceptors (Lipinski definition) is 4. The zero-order valence-corrected chi connectivity index (χ0v) is 18.3. The van der Waals surface area contributed by atoms with Gasteiger partial charge in [0, 0.05) is 11.1 Å². The second kappa shape index (κ2) is 9.32. The topological polar surface area (TPSA) is 84.5 Å². The molecule has 0 aromatic heterocycles. The molecule has 3 rings (SSSR count). The number of rotatable bonds is 6. The van der Waals surface area contributed by atoms with Crippen LogP contribution < -0.4 is 14.8 Å². The van der Waals surface area contributed by atoms with Gasteiger partial charge in [-0.15, -0.1) is 0 Å². The summed E-state index contributed by atoms with van der Waals surface area (Å²) in [7, 11) is -2.48. The van der Waals surface area contributed by atoms with Crippen LogP contribution in [0.4, 0.5) is 10.1 Å². The number of benzene rings is 2. The summed E-state index contributed by atoms with van der Waals surface area (Å²) in [5.41, 5.74) is -0.145. The highest BCUT2D eigenvalue weighted by atomic mass is 35.5. The van der Waals surface area contributed by atoms with Crippen LogP contribution in [0.2, 0.25) is 5.02 Å². The molecule has 9 heteroatoms. The van der Waals surface area contributed by atoms with Gasteiger partial charge in [-0.25, -0.2) is 17.5 Å². The van der Waals surface area contributed by atoms with E-state index in [1.165, 1.54) is 13.2 Å². The number of nitrogens with one attached hydrogen (secondary N) is 2. The summed E-state index contributed by atoms with van der Waals surface area (Å²) in [5, 5.41) is 2.88. The molecule has 1 aliphatic rings. The molecule has 0 heterocycles. The first-order chi connectivity index (χ1) is 14.2. The van der Waals surface area contributed by atoms with Crippen LogP contribution >= 0.6 is 11.6 Å². The molecule has 0 saturated heterocycles. The number of hydrogen-bond donors (Lipinski definition) is 2. The van der Waals surface area contributed by atoms with Gasteiger partial charge in [0.1, 0.15) is 11.6 Å². The Morgan fingerprint density at radius 3 is 2.60 bits per heavy atom. The number of amides is 1. The normalized spacial score (nSPS) is 19.3. The summed E-state index contributed by atoms with van der Waals surface area (Å²) in [6.45, 7) is 2.01. The van der Waals surface area contributed by atoms with E-state index in [1.54, 1.807) is 12.1 Å². The molecular formula is C21H24ClFN2O4S. The van der Waals surface area contributed by atoms with E-state index < -0.39 is 27.3 Å². The third kappa shape index (κ3) is 5.11. The Kier molecular flexibility index (Phi) is 7.00.